The van der Waals surface area contributed by atoms with E-state index in [1.54, 1.807) is 10.6 Å². The minimum absolute atomic E-state index is 0.0627. The van der Waals surface area contributed by atoms with Crippen molar-refractivity contribution >= 4 is 34.3 Å². The standard InChI is InChI=1S/C19H23N5O2S/c1-4-6-12-23-17(26)14-9-7-8-10-15(14)24-18(23)21-22-19(24)27-13(3)16(25)20-11-5-2/h5,7-10,13H,2,4,6,11-12H2,1,3H3,(H,20,25). The van der Waals surface area contributed by atoms with E-state index < -0.39 is 0 Å². The van der Waals surface area contributed by atoms with Gasteiger partial charge >= 0.3 is 0 Å². The Morgan fingerprint density at radius 3 is 2.89 bits per heavy atom. The fourth-order valence-corrected chi connectivity index (χ4v) is 3.74. The van der Waals surface area contributed by atoms with Crippen LogP contribution in [0.25, 0.3) is 16.7 Å². The second kappa shape index (κ2) is 8.39. The maximum Gasteiger partial charge on any atom is 0.262 e. The first kappa shape index (κ1) is 19.2. The van der Waals surface area contributed by atoms with Crippen LogP contribution in [0.15, 0.2) is 46.9 Å². The van der Waals surface area contributed by atoms with Crippen molar-refractivity contribution in [3.8, 4) is 0 Å². The molecule has 1 unspecified atom stereocenters. The van der Waals surface area contributed by atoms with Gasteiger partial charge in [-0.2, -0.15) is 0 Å². The van der Waals surface area contributed by atoms with Gasteiger partial charge in [0.05, 0.1) is 16.2 Å². The normalized spacial score (nSPS) is 12.4. The molecule has 1 N–H and O–H groups in total. The first-order valence-corrected chi connectivity index (χ1v) is 9.88. The third kappa shape index (κ3) is 3.75. The van der Waals surface area contributed by atoms with E-state index in [1.165, 1.54) is 11.8 Å². The van der Waals surface area contributed by atoms with Gasteiger partial charge in [0.25, 0.3) is 5.56 Å². The van der Waals surface area contributed by atoms with Gasteiger partial charge in [-0.3, -0.25) is 18.6 Å². The number of para-hydroxylation sites is 1. The summed E-state index contributed by atoms with van der Waals surface area (Å²) in [6.07, 6.45) is 3.49. The van der Waals surface area contributed by atoms with Crippen LogP contribution in [0.5, 0.6) is 0 Å². The monoisotopic (exact) mass is 385 g/mol. The Hall–Kier alpha value is -2.61. The Kier molecular flexibility index (Phi) is 5.95. The number of aromatic nitrogens is 4. The van der Waals surface area contributed by atoms with Gasteiger partial charge in [0.2, 0.25) is 11.7 Å². The van der Waals surface area contributed by atoms with E-state index in [4.69, 9.17) is 0 Å². The highest BCUT2D eigenvalue weighted by Gasteiger charge is 2.21. The molecule has 7 nitrogen and oxygen atoms in total. The molecular weight excluding hydrogens is 362 g/mol. The number of rotatable bonds is 8. The fourth-order valence-electron chi connectivity index (χ4n) is 2.86. The first-order chi connectivity index (χ1) is 13.1. The zero-order valence-electron chi connectivity index (χ0n) is 15.5. The minimum atomic E-state index is -0.355. The van der Waals surface area contributed by atoms with Crippen molar-refractivity contribution < 1.29 is 4.79 Å². The molecule has 0 fully saturated rings. The molecule has 3 aromatic rings. The highest BCUT2D eigenvalue weighted by Crippen LogP contribution is 2.25. The van der Waals surface area contributed by atoms with Crippen molar-refractivity contribution in [1.29, 1.82) is 0 Å². The Balaban J connectivity index is 2.10. The molecule has 0 saturated heterocycles. The lowest BCUT2D eigenvalue weighted by Gasteiger charge is -2.12. The molecular formula is C19H23N5O2S. The number of nitrogens with zero attached hydrogens (tertiary/aromatic N) is 4. The summed E-state index contributed by atoms with van der Waals surface area (Å²) in [6, 6.07) is 7.42. The minimum Gasteiger partial charge on any atom is -0.352 e. The third-order valence-corrected chi connectivity index (χ3v) is 5.33. The van der Waals surface area contributed by atoms with Crippen molar-refractivity contribution in [1.82, 2.24) is 24.5 Å². The van der Waals surface area contributed by atoms with Gasteiger partial charge in [-0.25, -0.2) is 0 Å². The zero-order chi connectivity index (χ0) is 19.4. The number of carbonyl (C=O) groups is 1. The number of carbonyl (C=O) groups excluding carboxylic acids is 1. The van der Waals surface area contributed by atoms with Crippen LogP contribution >= 0.6 is 11.8 Å². The zero-order valence-corrected chi connectivity index (χ0v) is 16.3. The van der Waals surface area contributed by atoms with Crippen LogP contribution in [-0.2, 0) is 11.3 Å². The number of unbranched alkanes of at least 4 members (excludes halogenated alkanes) is 1. The lowest BCUT2D eigenvalue weighted by Crippen LogP contribution is -2.31. The number of hydrogen-bond donors (Lipinski definition) is 1. The van der Waals surface area contributed by atoms with Crippen molar-refractivity contribution in [2.75, 3.05) is 6.54 Å². The SMILES string of the molecule is C=CCNC(=O)C(C)Sc1nnc2n(CCCC)c(=O)c3ccccc3n12. The van der Waals surface area contributed by atoms with Gasteiger partial charge in [-0.15, -0.1) is 16.8 Å². The first-order valence-electron chi connectivity index (χ1n) is 9.00. The average Bonchev–Trinajstić information content (AvgIpc) is 3.09. The highest BCUT2D eigenvalue weighted by molar-refractivity contribution is 8.00. The van der Waals surface area contributed by atoms with Crippen LogP contribution in [0.3, 0.4) is 0 Å². The predicted octanol–water partition coefficient (Wildman–Crippen LogP) is 2.63. The number of fused-ring (bicyclic) bond motifs is 3. The van der Waals surface area contributed by atoms with Crippen molar-refractivity contribution in [2.24, 2.45) is 0 Å². The van der Waals surface area contributed by atoms with E-state index >= 15 is 0 Å². The fraction of sp³-hybridized carbons (Fsp3) is 0.368. The number of thioether (sulfide) groups is 1. The Morgan fingerprint density at radius 1 is 1.37 bits per heavy atom. The molecule has 27 heavy (non-hydrogen) atoms. The number of benzene rings is 1. The molecule has 0 aliphatic heterocycles. The number of hydrogen-bond acceptors (Lipinski definition) is 5. The summed E-state index contributed by atoms with van der Waals surface area (Å²) < 4.78 is 3.54. The quantitative estimate of drug-likeness (QED) is 0.476. The summed E-state index contributed by atoms with van der Waals surface area (Å²) in [5.74, 6) is 0.411. The molecule has 0 aliphatic rings. The lowest BCUT2D eigenvalue weighted by atomic mass is 10.2. The van der Waals surface area contributed by atoms with Crippen molar-refractivity contribution in [3.05, 3.63) is 47.3 Å². The molecule has 1 amide bonds. The molecule has 0 aliphatic carbocycles. The summed E-state index contributed by atoms with van der Waals surface area (Å²) in [7, 11) is 0. The molecule has 8 heteroatoms. The Bertz CT molecular complexity index is 1040. The van der Waals surface area contributed by atoms with E-state index in [1.807, 2.05) is 35.6 Å². The van der Waals surface area contributed by atoms with Crippen LogP contribution in [0.2, 0.25) is 0 Å². The Labute approximate surface area is 161 Å². The molecule has 2 aromatic heterocycles. The lowest BCUT2D eigenvalue weighted by molar-refractivity contribution is -0.120. The molecule has 2 heterocycles. The highest BCUT2D eigenvalue weighted by atomic mass is 32.2. The topological polar surface area (TPSA) is 81.3 Å². The molecule has 142 valence electrons. The maximum atomic E-state index is 12.9. The van der Waals surface area contributed by atoms with Crippen LogP contribution < -0.4 is 10.9 Å². The number of aryl methyl sites for hydroxylation is 1. The van der Waals surface area contributed by atoms with Gasteiger partial charge < -0.3 is 5.32 Å². The summed E-state index contributed by atoms with van der Waals surface area (Å²) in [5.41, 5.74) is 0.684. The van der Waals surface area contributed by atoms with Crippen LogP contribution in [-0.4, -0.2) is 36.9 Å². The summed E-state index contributed by atoms with van der Waals surface area (Å²) in [4.78, 5) is 25.1. The predicted molar refractivity (Wildman–Crippen MR) is 108 cm³/mol. The second-order valence-corrected chi connectivity index (χ2v) is 7.55. The average molecular weight is 385 g/mol. The van der Waals surface area contributed by atoms with Gasteiger partial charge in [0, 0.05) is 13.1 Å². The molecule has 0 bridgehead atoms. The molecule has 0 saturated carbocycles. The van der Waals surface area contributed by atoms with Crippen LogP contribution in [0.4, 0.5) is 0 Å². The summed E-state index contributed by atoms with van der Waals surface area (Å²) in [6.45, 7) is 8.51. The largest absolute Gasteiger partial charge is 0.352 e. The molecule has 3 rings (SSSR count). The smallest absolute Gasteiger partial charge is 0.262 e. The molecule has 1 atom stereocenters. The van der Waals surface area contributed by atoms with E-state index in [0.29, 0.717) is 29.4 Å². The van der Waals surface area contributed by atoms with E-state index in [0.717, 1.165) is 18.4 Å². The van der Waals surface area contributed by atoms with Crippen LogP contribution in [0, 0.1) is 0 Å². The third-order valence-electron chi connectivity index (χ3n) is 4.29. The molecule has 1 aromatic carbocycles. The van der Waals surface area contributed by atoms with E-state index in [9.17, 15) is 9.59 Å². The van der Waals surface area contributed by atoms with Crippen molar-refractivity contribution in [3.63, 3.8) is 0 Å². The van der Waals surface area contributed by atoms with E-state index in [-0.39, 0.29) is 16.7 Å². The van der Waals surface area contributed by atoms with Gasteiger partial charge in [0.1, 0.15) is 0 Å². The number of nitrogens with one attached hydrogen (secondary N) is 1. The van der Waals surface area contributed by atoms with Crippen LogP contribution in [0.1, 0.15) is 26.7 Å². The summed E-state index contributed by atoms with van der Waals surface area (Å²) in [5, 5.41) is 12.2. The summed E-state index contributed by atoms with van der Waals surface area (Å²) >= 11 is 1.32. The molecule has 0 radical (unpaired) electrons. The van der Waals surface area contributed by atoms with E-state index in [2.05, 4.69) is 29.0 Å². The van der Waals surface area contributed by atoms with Gasteiger partial charge in [-0.05, 0) is 25.5 Å². The second-order valence-electron chi connectivity index (χ2n) is 6.24. The van der Waals surface area contributed by atoms with Gasteiger partial charge in [0.15, 0.2) is 5.16 Å². The maximum absolute atomic E-state index is 12.9. The number of amides is 1. The van der Waals surface area contributed by atoms with Crippen molar-refractivity contribution in [2.45, 2.75) is 43.6 Å². The molecule has 0 spiro atoms. The van der Waals surface area contributed by atoms with Gasteiger partial charge in [-0.1, -0.05) is 43.3 Å². The Morgan fingerprint density at radius 2 is 2.15 bits per heavy atom.